The van der Waals surface area contributed by atoms with E-state index in [0.29, 0.717) is 84.9 Å². The minimum absolute atomic E-state index is 0.000757. The summed E-state index contributed by atoms with van der Waals surface area (Å²) in [6, 6.07) is 0. The van der Waals surface area contributed by atoms with Gasteiger partial charge in [0.15, 0.2) is 25.2 Å². The van der Waals surface area contributed by atoms with Crippen molar-refractivity contribution in [2.75, 3.05) is 47.8 Å². The van der Waals surface area contributed by atoms with Gasteiger partial charge in [0.1, 0.15) is 0 Å². The highest BCUT2D eigenvalue weighted by Gasteiger charge is 2.44. The Bertz CT molecular complexity index is 897. The number of hydrogen-bond donors (Lipinski definition) is 1. The molecule has 20 atom stereocenters. The lowest BCUT2D eigenvalue weighted by Crippen LogP contribution is -2.50. The van der Waals surface area contributed by atoms with Crippen molar-refractivity contribution in [3.63, 3.8) is 0 Å². The van der Waals surface area contributed by atoms with Crippen molar-refractivity contribution in [2.45, 2.75) is 133 Å². The molecule has 4 rings (SSSR count). The first-order chi connectivity index (χ1) is 23.1. The Kier molecular flexibility index (Phi) is 17.2. The number of ether oxygens (including phenoxy) is 9. The third-order valence-corrected chi connectivity index (χ3v) is 13.8. The molecule has 1 N–H and O–H groups in total. The van der Waals surface area contributed by atoms with Gasteiger partial charge in [-0.25, -0.2) is 0 Å². The molecule has 4 aliphatic rings. The van der Waals surface area contributed by atoms with E-state index >= 15 is 0 Å². The Hall–Kier alpha value is -0.400. The lowest BCUT2D eigenvalue weighted by Gasteiger charge is -2.45. The average molecular weight is 703 g/mol. The van der Waals surface area contributed by atoms with Crippen LogP contribution in [0.15, 0.2) is 0 Å². The third kappa shape index (κ3) is 10.2. The van der Waals surface area contributed by atoms with E-state index in [-0.39, 0.29) is 62.1 Å². The highest BCUT2D eigenvalue weighted by molar-refractivity contribution is 4.87. The molecule has 0 aromatic rings. The lowest BCUT2D eigenvalue weighted by atomic mass is 9.78. The summed E-state index contributed by atoms with van der Waals surface area (Å²) in [5.74, 6) is 4.98. The van der Waals surface area contributed by atoms with E-state index in [1.165, 1.54) is 0 Å². The largest absolute Gasteiger partial charge is 0.394 e. The van der Waals surface area contributed by atoms with Gasteiger partial charge in [0.05, 0.1) is 50.8 Å². The third-order valence-electron chi connectivity index (χ3n) is 13.8. The first kappa shape index (κ1) is 43.0. The molecular formula is C39H74O10. The van der Waals surface area contributed by atoms with Crippen LogP contribution in [0.2, 0.25) is 0 Å². The molecule has 8 unspecified atom stereocenters. The summed E-state index contributed by atoms with van der Waals surface area (Å²) < 4.78 is 53.1. The smallest absolute Gasteiger partial charge is 0.160 e. The van der Waals surface area contributed by atoms with Crippen molar-refractivity contribution >= 4 is 0 Å². The first-order valence-corrected chi connectivity index (χ1v) is 19.1. The summed E-state index contributed by atoms with van der Waals surface area (Å²) in [5, 5.41) is 9.55. The van der Waals surface area contributed by atoms with E-state index in [1.807, 2.05) is 0 Å². The number of hydrogen-bond acceptors (Lipinski definition) is 10. The summed E-state index contributed by atoms with van der Waals surface area (Å²) >= 11 is 0. The SMILES string of the molecule is COCC1O[C@@H](OCC2O[C@@H](OC)C(C)[C@@H](C)[C@@H]2C)C(C)[C@@H](C)[C@@H]1C.CO[C@@H]1OC(CO[C@@H]2OC(CO)[C@@H](C)[C@H](C)C2C)[C@@H](C)[C@H](C)C1C. The molecule has 10 heteroatoms. The van der Waals surface area contributed by atoms with Crippen molar-refractivity contribution in [3.05, 3.63) is 0 Å². The maximum Gasteiger partial charge on any atom is 0.160 e. The van der Waals surface area contributed by atoms with Gasteiger partial charge >= 0.3 is 0 Å². The van der Waals surface area contributed by atoms with Crippen LogP contribution >= 0.6 is 0 Å². The molecule has 0 radical (unpaired) electrons. The summed E-state index contributed by atoms with van der Waals surface area (Å²) in [7, 11) is 5.13. The zero-order valence-corrected chi connectivity index (χ0v) is 33.5. The van der Waals surface area contributed by atoms with Crippen molar-refractivity contribution in [2.24, 2.45) is 71.0 Å². The molecular weight excluding hydrogens is 628 g/mol. The van der Waals surface area contributed by atoms with Gasteiger partial charge in [-0.15, -0.1) is 0 Å². The molecule has 4 fully saturated rings. The summed E-state index contributed by atoms with van der Waals surface area (Å²) in [6.07, 6.45) is -0.893. The van der Waals surface area contributed by atoms with E-state index in [1.54, 1.807) is 21.3 Å². The molecule has 10 nitrogen and oxygen atoms in total. The van der Waals surface area contributed by atoms with Crippen LogP contribution in [0.4, 0.5) is 0 Å². The van der Waals surface area contributed by atoms with Crippen LogP contribution in [-0.4, -0.2) is 102 Å². The Morgan fingerprint density at radius 1 is 0.367 bits per heavy atom. The topological polar surface area (TPSA) is 103 Å². The molecule has 49 heavy (non-hydrogen) atoms. The van der Waals surface area contributed by atoms with Crippen molar-refractivity contribution in [1.29, 1.82) is 0 Å². The maximum absolute atomic E-state index is 9.55. The van der Waals surface area contributed by atoms with Gasteiger partial charge < -0.3 is 47.7 Å². The summed E-state index contributed by atoms with van der Waals surface area (Å²) in [4.78, 5) is 0. The maximum atomic E-state index is 9.55. The standard InChI is InChI=1S/C20H38O5.C19H36O5/c1-11-14(4)18(24-19(22-8)15(11)5)10-23-20-16(6)12(2)13(3)17(25-20)9-21-7;1-10-12(3)16(8-20)23-19(15(10)6)22-9-17-13(4)11(2)14(5)18(21-7)24-17/h11-20H,9-10H2,1-8H3;10-20H,8-9H2,1-7H3/t11-,12-,13-,14-,15?,16?,17?,18?,19+,20+;10-,11-,12-,13-,14?,15?,16?,17?,18+,19+/m00/s1. The first-order valence-electron chi connectivity index (χ1n) is 19.1. The normalized spacial score (nSPS) is 49.2. The van der Waals surface area contributed by atoms with E-state index in [9.17, 15) is 5.11 Å². The molecule has 0 spiro atoms. The van der Waals surface area contributed by atoms with Crippen molar-refractivity contribution < 1.29 is 47.7 Å². The molecule has 0 aromatic carbocycles. The molecule has 0 bridgehead atoms. The second-order valence-corrected chi connectivity index (χ2v) is 16.3. The van der Waals surface area contributed by atoms with Crippen LogP contribution < -0.4 is 0 Å². The fourth-order valence-corrected chi connectivity index (χ4v) is 8.19. The second kappa shape index (κ2) is 19.6. The monoisotopic (exact) mass is 703 g/mol. The predicted octanol–water partition coefficient (Wildman–Crippen LogP) is 6.47. The number of aliphatic hydroxyl groups excluding tert-OH is 1. The lowest BCUT2D eigenvalue weighted by molar-refractivity contribution is -0.288. The van der Waals surface area contributed by atoms with Crippen LogP contribution in [0.5, 0.6) is 0 Å². The molecule has 4 aliphatic heterocycles. The zero-order chi connectivity index (χ0) is 36.7. The van der Waals surface area contributed by atoms with Gasteiger partial charge in [-0.3, -0.25) is 0 Å². The molecule has 4 heterocycles. The Balaban J connectivity index is 0.000000266. The molecule has 0 saturated carbocycles. The van der Waals surface area contributed by atoms with Crippen LogP contribution in [-0.2, 0) is 42.6 Å². The second-order valence-electron chi connectivity index (χ2n) is 16.3. The summed E-state index contributed by atoms with van der Waals surface area (Å²) in [5.41, 5.74) is 0. The number of methoxy groups -OCH3 is 3. The van der Waals surface area contributed by atoms with Gasteiger partial charge in [0, 0.05) is 45.0 Å². The van der Waals surface area contributed by atoms with Gasteiger partial charge in [-0.1, -0.05) is 83.1 Å². The van der Waals surface area contributed by atoms with Gasteiger partial charge in [-0.2, -0.15) is 0 Å². The highest BCUT2D eigenvalue weighted by Crippen LogP contribution is 2.40. The Morgan fingerprint density at radius 3 is 0.980 bits per heavy atom. The zero-order valence-electron chi connectivity index (χ0n) is 33.5. The molecule has 0 aliphatic carbocycles. The van der Waals surface area contributed by atoms with Gasteiger partial charge in [-0.05, 0) is 47.3 Å². The molecule has 4 saturated heterocycles. The minimum Gasteiger partial charge on any atom is -0.394 e. The fraction of sp³-hybridized carbons (Fsp3) is 1.00. The average Bonchev–Trinajstić information content (AvgIpc) is 3.09. The predicted molar refractivity (Wildman–Crippen MR) is 189 cm³/mol. The molecule has 0 amide bonds. The van der Waals surface area contributed by atoms with Crippen LogP contribution in [0.3, 0.4) is 0 Å². The number of rotatable bonds is 11. The fourth-order valence-electron chi connectivity index (χ4n) is 8.19. The minimum atomic E-state index is -0.292. The van der Waals surface area contributed by atoms with Crippen LogP contribution in [0.1, 0.15) is 83.1 Å². The Morgan fingerprint density at radius 2 is 0.653 bits per heavy atom. The molecule has 0 aromatic heterocycles. The van der Waals surface area contributed by atoms with Crippen LogP contribution in [0.25, 0.3) is 0 Å². The Labute approximate surface area is 298 Å². The van der Waals surface area contributed by atoms with Crippen LogP contribution in [0, 0.1) is 71.0 Å². The highest BCUT2D eigenvalue weighted by atomic mass is 16.7. The van der Waals surface area contributed by atoms with E-state index < -0.39 is 0 Å². The van der Waals surface area contributed by atoms with Gasteiger partial charge in [0.2, 0.25) is 0 Å². The van der Waals surface area contributed by atoms with E-state index in [2.05, 4.69) is 83.1 Å². The van der Waals surface area contributed by atoms with E-state index in [4.69, 9.17) is 42.6 Å². The molecule has 290 valence electrons. The van der Waals surface area contributed by atoms with Gasteiger partial charge in [0.25, 0.3) is 0 Å². The van der Waals surface area contributed by atoms with Crippen molar-refractivity contribution in [3.8, 4) is 0 Å². The summed E-state index contributed by atoms with van der Waals surface area (Å²) in [6.45, 7) is 28.2. The quantitative estimate of drug-likeness (QED) is 0.258. The van der Waals surface area contributed by atoms with Crippen molar-refractivity contribution in [1.82, 2.24) is 0 Å². The van der Waals surface area contributed by atoms with E-state index in [0.717, 1.165) is 0 Å². The number of aliphatic hydroxyl groups is 1.